The fourth-order valence-corrected chi connectivity index (χ4v) is 4.02. The zero-order valence-electron chi connectivity index (χ0n) is 10.8. The molecule has 0 fully saturated rings. The number of aliphatic hydroxyl groups excluding tert-OH is 1. The number of rotatable bonds is 3. The molecule has 2 rings (SSSR count). The van der Waals surface area contributed by atoms with Gasteiger partial charge in [0.05, 0.1) is 6.10 Å². The minimum absolute atomic E-state index is 0.430. The van der Waals surface area contributed by atoms with E-state index in [0.29, 0.717) is 6.42 Å². The van der Waals surface area contributed by atoms with Gasteiger partial charge in [-0.25, -0.2) is 0 Å². The topological polar surface area (TPSA) is 20.2 Å². The highest BCUT2D eigenvalue weighted by atomic mass is 79.9. The van der Waals surface area contributed by atoms with Crippen molar-refractivity contribution in [1.29, 1.82) is 0 Å². The van der Waals surface area contributed by atoms with Crippen LogP contribution in [0.15, 0.2) is 28.1 Å². The molecule has 0 aliphatic heterocycles. The first-order chi connectivity index (χ1) is 8.49. The average Bonchev–Trinajstić information content (AvgIpc) is 2.62. The van der Waals surface area contributed by atoms with E-state index in [1.807, 2.05) is 11.4 Å². The van der Waals surface area contributed by atoms with Crippen molar-refractivity contribution >= 4 is 27.3 Å². The molecule has 1 N–H and O–H groups in total. The van der Waals surface area contributed by atoms with Crippen molar-refractivity contribution in [2.45, 2.75) is 33.3 Å². The summed E-state index contributed by atoms with van der Waals surface area (Å²) in [5.74, 6) is 0. The third-order valence-corrected chi connectivity index (χ3v) is 5.09. The summed E-state index contributed by atoms with van der Waals surface area (Å²) in [7, 11) is 0. The molecule has 1 atom stereocenters. The highest BCUT2D eigenvalue weighted by Gasteiger charge is 2.16. The Hall–Kier alpha value is -0.640. The molecule has 1 unspecified atom stereocenters. The smallest absolute Gasteiger partial charge is 0.0843 e. The molecule has 96 valence electrons. The van der Waals surface area contributed by atoms with Crippen molar-refractivity contribution < 1.29 is 5.11 Å². The van der Waals surface area contributed by atoms with Gasteiger partial charge in [-0.2, -0.15) is 0 Å². The molecule has 0 saturated heterocycles. The first-order valence-corrected chi connectivity index (χ1v) is 7.64. The van der Waals surface area contributed by atoms with Crippen molar-refractivity contribution in [2.24, 2.45) is 0 Å². The second-order valence-electron chi connectivity index (χ2n) is 4.72. The summed E-state index contributed by atoms with van der Waals surface area (Å²) >= 11 is 5.20. The average molecular weight is 325 g/mol. The lowest BCUT2D eigenvalue weighted by molar-refractivity contribution is 0.178. The molecule has 0 amide bonds. The van der Waals surface area contributed by atoms with Gasteiger partial charge in [0.25, 0.3) is 0 Å². The van der Waals surface area contributed by atoms with Crippen LogP contribution in [0.1, 0.15) is 33.2 Å². The molecule has 0 aliphatic carbocycles. The van der Waals surface area contributed by atoms with E-state index in [-0.39, 0.29) is 0 Å². The summed E-state index contributed by atoms with van der Waals surface area (Å²) in [6.07, 6.45) is 0.240. The lowest BCUT2D eigenvalue weighted by Crippen LogP contribution is -2.06. The molecular formula is C15H17BrOS. The van der Waals surface area contributed by atoms with Crippen molar-refractivity contribution in [1.82, 2.24) is 0 Å². The third-order valence-electron chi connectivity index (χ3n) is 3.14. The van der Waals surface area contributed by atoms with Crippen LogP contribution in [0.3, 0.4) is 0 Å². The zero-order chi connectivity index (χ0) is 13.3. The van der Waals surface area contributed by atoms with Gasteiger partial charge in [-0.1, -0.05) is 17.7 Å². The van der Waals surface area contributed by atoms with Gasteiger partial charge in [0.15, 0.2) is 0 Å². The Bertz CT molecular complexity index is 536. The van der Waals surface area contributed by atoms with Crippen molar-refractivity contribution in [3.63, 3.8) is 0 Å². The van der Waals surface area contributed by atoms with Crippen molar-refractivity contribution in [2.75, 3.05) is 0 Å². The normalized spacial score (nSPS) is 12.7. The first kappa shape index (κ1) is 13.8. The van der Waals surface area contributed by atoms with E-state index in [0.717, 1.165) is 10.0 Å². The Morgan fingerprint density at radius 1 is 1.22 bits per heavy atom. The lowest BCUT2D eigenvalue weighted by atomic mass is 9.94. The summed E-state index contributed by atoms with van der Waals surface area (Å²) < 4.78 is 1.09. The van der Waals surface area contributed by atoms with Crippen LogP contribution in [0.2, 0.25) is 0 Å². The Morgan fingerprint density at radius 3 is 2.33 bits per heavy atom. The van der Waals surface area contributed by atoms with Gasteiger partial charge in [-0.05, 0) is 64.8 Å². The number of aliphatic hydroxyl groups is 1. The van der Waals surface area contributed by atoms with Crippen LogP contribution >= 0.6 is 27.3 Å². The van der Waals surface area contributed by atoms with E-state index in [2.05, 4.69) is 48.8 Å². The summed E-state index contributed by atoms with van der Waals surface area (Å²) in [5, 5.41) is 12.5. The second kappa shape index (κ2) is 5.55. The quantitative estimate of drug-likeness (QED) is 0.866. The molecule has 0 aliphatic rings. The zero-order valence-corrected chi connectivity index (χ0v) is 13.2. The Morgan fingerprint density at radius 2 is 1.83 bits per heavy atom. The number of aryl methyl sites for hydroxylation is 3. The van der Waals surface area contributed by atoms with Crippen LogP contribution in [-0.2, 0) is 6.42 Å². The minimum atomic E-state index is -0.430. The summed E-state index contributed by atoms with van der Waals surface area (Å²) in [6, 6.07) is 6.30. The van der Waals surface area contributed by atoms with Gasteiger partial charge in [0.2, 0.25) is 0 Å². The molecule has 1 nitrogen and oxygen atoms in total. The van der Waals surface area contributed by atoms with Crippen LogP contribution in [0.25, 0.3) is 0 Å². The lowest BCUT2D eigenvalue weighted by Gasteiger charge is -2.17. The standard InChI is InChI=1S/C15H17BrOS/c1-9-6-10(2)15(11(3)7-9)13(17)8-14-12(16)4-5-18-14/h4-7,13,17H,8H2,1-3H3. The molecule has 18 heavy (non-hydrogen) atoms. The number of halogens is 1. The maximum atomic E-state index is 10.5. The van der Waals surface area contributed by atoms with Crippen LogP contribution in [0.5, 0.6) is 0 Å². The molecule has 1 aromatic carbocycles. The molecule has 0 saturated carbocycles. The van der Waals surface area contributed by atoms with E-state index >= 15 is 0 Å². The van der Waals surface area contributed by atoms with Gasteiger partial charge in [0, 0.05) is 15.8 Å². The van der Waals surface area contributed by atoms with E-state index in [4.69, 9.17) is 0 Å². The van der Waals surface area contributed by atoms with Crippen molar-refractivity contribution in [3.05, 3.63) is 55.2 Å². The molecule has 0 bridgehead atoms. The predicted octanol–water partition coefficient (Wildman–Crippen LogP) is 4.71. The Kier molecular flexibility index (Phi) is 4.25. The van der Waals surface area contributed by atoms with E-state index in [1.165, 1.54) is 21.6 Å². The van der Waals surface area contributed by atoms with E-state index in [9.17, 15) is 5.11 Å². The van der Waals surface area contributed by atoms with Gasteiger partial charge >= 0.3 is 0 Å². The van der Waals surface area contributed by atoms with Gasteiger partial charge in [-0.3, -0.25) is 0 Å². The van der Waals surface area contributed by atoms with Gasteiger partial charge in [-0.15, -0.1) is 11.3 Å². The maximum absolute atomic E-state index is 10.5. The van der Waals surface area contributed by atoms with Crippen LogP contribution < -0.4 is 0 Å². The largest absolute Gasteiger partial charge is 0.388 e. The predicted molar refractivity (Wildman–Crippen MR) is 81.3 cm³/mol. The van der Waals surface area contributed by atoms with E-state index in [1.54, 1.807) is 11.3 Å². The fraction of sp³-hybridized carbons (Fsp3) is 0.333. The molecule has 0 spiro atoms. The minimum Gasteiger partial charge on any atom is -0.388 e. The molecule has 1 aromatic heterocycles. The summed E-state index contributed by atoms with van der Waals surface area (Å²) in [4.78, 5) is 1.20. The SMILES string of the molecule is Cc1cc(C)c(C(O)Cc2sccc2Br)c(C)c1. The molecule has 0 radical (unpaired) electrons. The summed E-state index contributed by atoms with van der Waals surface area (Å²) in [5.41, 5.74) is 4.67. The van der Waals surface area contributed by atoms with Crippen molar-refractivity contribution in [3.8, 4) is 0 Å². The molecule has 1 heterocycles. The highest BCUT2D eigenvalue weighted by Crippen LogP contribution is 2.31. The monoisotopic (exact) mass is 324 g/mol. The summed E-state index contributed by atoms with van der Waals surface area (Å²) in [6.45, 7) is 6.23. The highest BCUT2D eigenvalue weighted by molar-refractivity contribution is 9.10. The van der Waals surface area contributed by atoms with Crippen LogP contribution in [0, 0.1) is 20.8 Å². The van der Waals surface area contributed by atoms with E-state index < -0.39 is 6.10 Å². The fourth-order valence-electron chi connectivity index (χ4n) is 2.47. The Labute approximate surface area is 121 Å². The van der Waals surface area contributed by atoms with Crippen LogP contribution in [0.4, 0.5) is 0 Å². The van der Waals surface area contributed by atoms with Gasteiger partial charge in [0.1, 0.15) is 0 Å². The Balaban J connectivity index is 2.29. The maximum Gasteiger partial charge on any atom is 0.0843 e. The molecule has 2 aromatic rings. The molecule has 3 heteroatoms. The van der Waals surface area contributed by atoms with Gasteiger partial charge < -0.3 is 5.11 Å². The number of hydrogen-bond acceptors (Lipinski definition) is 2. The van der Waals surface area contributed by atoms with Crippen LogP contribution in [-0.4, -0.2) is 5.11 Å². The molecular weight excluding hydrogens is 308 g/mol. The second-order valence-corrected chi connectivity index (χ2v) is 6.58. The first-order valence-electron chi connectivity index (χ1n) is 5.96. The number of benzene rings is 1. The number of thiophene rings is 1. The third kappa shape index (κ3) is 2.85. The number of hydrogen-bond donors (Lipinski definition) is 1.